The van der Waals surface area contributed by atoms with Crippen molar-refractivity contribution in [3.8, 4) is 0 Å². The molecule has 2 aliphatic rings. The van der Waals surface area contributed by atoms with Crippen LogP contribution in [0.5, 0.6) is 0 Å². The number of benzene rings is 1. The standard InChI is InChI=1S/C17H23BrFNO/c18-15-12-14(19)6-5-13(15)11-16(21)17(7-1-2-8-17)20-9-3-4-10-20/h5-6,12,16,21H,1-4,7-11H2. The number of nitrogens with zero attached hydrogens (tertiary/aromatic N) is 1. The number of rotatable bonds is 4. The van der Waals surface area contributed by atoms with Crippen LogP contribution in [0.4, 0.5) is 4.39 Å². The van der Waals surface area contributed by atoms with E-state index in [-0.39, 0.29) is 17.5 Å². The minimum absolute atomic E-state index is 0.0513. The van der Waals surface area contributed by atoms with E-state index in [1.165, 1.54) is 37.8 Å². The van der Waals surface area contributed by atoms with Crippen LogP contribution < -0.4 is 0 Å². The van der Waals surface area contributed by atoms with Crippen LogP contribution in [0, 0.1) is 5.82 Å². The average molecular weight is 356 g/mol. The van der Waals surface area contributed by atoms with Gasteiger partial charge < -0.3 is 5.11 Å². The highest BCUT2D eigenvalue weighted by Crippen LogP contribution is 2.41. The third-order valence-corrected chi connectivity index (χ3v) is 5.99. The van der Waals surface area contributed by atoms with Crippen molar-refractivity contribution in [2.24, 2.45) is 0 Å². The van der Waals surface area contributed by atoms with E-state index in [0.29, 0.717) is 6.42 Å². The first-order chi connectivity index (χ1) is 10.1. The largest absolute Gasteiger partial charge is 0.391 e. The fraction of sp³-hybridized carbons (Fsp3) is 0.647. The third kappa shape index (κ3) is 3.03. The average Bonchev–Trinajstić information content (AvgIpc) is 3.11. The summed E-state index contributed by atoms with van der Waals surface area (Å²) in [4.78, 5) is 2.52. The van der Waals surface area contributed by atoms with Crippen molar-refractivity contribution in [2.45, 2.75) is 56.6 Å². The first kappa shape index (κ1) is 15.4. The molecule has 21 heavy (non-hydrogen) atoms. The molecule has 1 atom stereocenters. The van der Waals surface area contributed by atoms with E-state index in [9.17, 15) is 9.50 Å². The molecule has 1 unspecified atom stereocenters. The fourth-order valence-corrected chi connectivity index (χ4v) is 4.61. The molecule has 3 rings (SSSR count). The second-order valence-electron chi connectivity index (χ2n) is 6.46. The highest BCUT2D eigenvalue weighted by Gasteiger charge is 2.46. The summed E-state index contributed by atoms with van der Waals surface area (Å²) >= 11 is 3.42. The van der Waals surface area contributed by atoms with E-state index in [2.05, 4.69) is 20.8 Å². The van der Waals surface area contributed by atoms with Gasteiger partial charge in [-0.3, -0.25) is 4.90 Å². The molecular formula is C17H23BrFNO. The van der Waals surface area contributed by atoms with Gasteiger partial charge in [-0.05, 0) is 56.5 Å². The van der Waals surface area contributed by atoms with Gasteiger partial charge in [-0.25, -0.2) is 4.39 Å². The van der Waals surface area contributed by atoms with Gasteiger partial charge in [0, 0.05) is 16.4 Å². The maximum atomic E-state index is 13.2. The van der Waals surface area contributed by atoms with Crippen LogP contribution >= 0.6 is 15.9 Å². The normalized spacial score (nSPS) is 23.6. The Morgan fingerprint density at radius 3 is 2.48 bits per heavy atom. The monoisotopic (exact) mass is 355 g/mol. The van der Waals surface area contributed by atoms with E-state index >= 15 is 0 Å². The number of aliphatic hydroxyl groups is 1. The number of aliphatic hydroxyl groups excluding tert-OH is 1. The van der Waals surface area contributed by atoms with Crippen molar-refractivity contribution in [1.29, 1.82) is 0 Å². The van der Waals surface area contributed by atoms with Gasteiger partial charge in [0.15, 0.2) is 0 Å². The van der Waals surface area contributed by atoms with Gasteiger partial charge in [-0.15, -0.1) is 0 Å². The minimum Gasteiger partial charge on any atom is -0.391 e. The molecule has 1 aliphatic heterocycles. The zero-order valence-corrected chi connectivity index (χ0v) is 13.9. The maximum Gasteiger partial charge on any atom is 0.124 e. The molecule has 1 saturated heterocycles. The summed E-state index contributed by atoms with van der Waals surface area (Å²) in [5, 5.41) is 11.0. The highest BCUT2D eigenvalue weighted by molar-refractivity contribution is 9.10. The van der Waals surface area contributed by atoms with Crippen molar-refractivity contribution < 1.29 is 9.50 Å². The molecule has 0 aromatic heterocycles. The Balaban J connectivity index is 1.79. The molecule has 1 aromatic rings. The lowest BCUT2D eigenvalue weighted by molar-refractivity contribution is -0.0172. The van der Waals surface area contributed by atoms with Crippen LogP contribution in [0.1, 0.15) is 44.1 Å². The SMILES string of the molecule is OC(Cc1ccc(F)cc1Br)C1(N2CCCC2)CCCC1. The molecule has 0 spiro atoms. The van der Waals surface area contributed by atoms with E-state index in [1.807, 2.05) is 0 Å². The van der Waals surface area contributed by atoms with Crippen molar-refractivity contribution >= 4 is 15.9 Å². The second-order valence-corrected chi connectivity index (χ2v) is 7.31. The second kappa shape index (κ2) is 6.35. The Bertz CT molecular complexity index is 496. The van der Waals surface area contributed by atoms with Gasteiger partial charge in [0.2, 0.25) is 0 Å². The highest BCUT2D eigenvalue weighted by atomic mass is 79.9. The number of hydrogen-bond acceptors (Lipinski definition) is 2. The summed E-state index contributed by atoms with van der Waals surface area (Å²) in [6.07, 6.45) is 7.30. The van der Waals surface area contributed by atoms with Gasteiger partial charge in [-0.2, -0.15) is 0 Å². The van der Waals surface area contributed by atoms with Crippen molar-refractivity contribution in [2.75, 3.05) is 13.1 Å². The molecule has 2 nitrogen and oxygen atoms in total. The summed E-state index contributed by atoms with van der Waals surface area (Å²) < 4.78 is 14.0. The van der Waals surface area contributed by atoms with Gasteiger partial charge >= 0.3 is 0 Å². The summed E-state index contributed by atoms with van der Waals surface area (Å²) in [5.74, 6) is -0.241. The summed E-state index contributed by atoms with van der Waals surface area (Å²) in [6.45, 7) is 2.23. The van der Waals surface area contributed by atoms with Gasteiger partial charge in [0.25, 0.3) is 0 Å². The Morgan fingerprint density at radius 1 is 1.19 bits per heavy atom. The minimum atomic E-state index is -0.375. The molecule has 0 amide bonds. The van der Waals surface area contributed by atoms with Crippen LogP contribution in [0.15, 0.2) is 22.7 Å². The fourth-order valence-electron chi connectivity index (χ4n) is 4.10. The smallest absolute Gasteiger partial charge is 0.124 e. The number of hydrogen-bond donors (Lipinski definition) is 1. The Morgan fingerprint density at radius 2 is 1.86 bits per heavy atom. The van der Waals surface area contributed by atoms with Crippen molar-refractivity contribution in [3.63, 3.8) is 0 Å². The van der Waals surface area contributed by atoms with Crippen LogP contribution in [-0.2, 0) is 6.42 Å². The summed E-state index contributed by atoms with van der Waals surface area (Å²) in [5.41, 5.74) is 0.944. The predicted octanol–water partition coefficient (Wildman–Crippen LogP) is 3.90. The van der Waals surface area contributed by atoms with Crippen LogP contribution in [0.2, 0.25) is 0 Å². The van der Waals surface area contributed by atoms with Crippen molar-refractivity contribution in [3.05, 3.63) is 34.1 Å². The Labute approximate surface area is 134 Å². The molecule has 4 heteroatoms. The zero-order chi connectivity index (χ0) is 14.9. The molecular weight excluding hydrogens is 333 g/mol. The molecule has 0 bridgehead atoms. The van der Waals surface area contributed by atoms with Crippen molar-refractivity contribution in [1.82, 2.24) is 4.90 Å². The molecule has 1 saturated carbocycles. The van der Waals surface area contributed by atoms with Crippen LogP contribution in [0.3, 0.4) is 0 Å². The first-order valence-corrected chi connectivity index (χ1v) is 8.78. The predicted molar refractivity (Wildman–Crippen MR) is 85.8 cm³/mol. The molecule has 0 radical (unpaired) electrons. The lowest BCUT2D eigenvalue weighted by Gasteiger charge is -2.43. The maximum absolute atomic E-state index is 13.2. The Hall–Kier alpha value is -0.450. The molecule has 1 N–H and O–H groups in total. The zero-order valence-electron chi connectivity index (χ0n) is 12.3. The summed E-state index contributed by atoms with van der Waals surface area (Å²) in [7, 11) is 0. The molecule has 1 aromatic carbocycles. The quantitative estimate of drug-likeness (QED) is 0.885. The Kier molecular flexibility index (Phi) is 4.67. The van der Waals surface area contributed by atoms with Gasteiger partial charge in [0.1, 0.15) is 5.82 Å². The number of halogens is 2. The number of likely N-dealkylation sites (tertiary alicyclic amines) is 1. The third-order valence-electron chi connectivity index (χ3n) is 5.25. The van der Waals surface area contributed by atoms with Gasteiger partial charge in [0.05, 0.1) is 6.10 Å². The summed E-state index contributed by atoms with van der Waals surface area (Å²) in [6, 6.07) is 4.75. The first-order valence-electron chi connectivity index (χ1n) is 7.99. The topological polar surface area (TPSA) is 23.5 Å². The van der Waals surface area contributed by atoms with E-state index in [0.717, 1.165) is 36.0 Å². The van der Waals surface area contributed by atoms with E-state index in [1.54, 1.807) is 6.07 Å². The lowest BCUT2D eigenvalue weighted by Crippen LogP contribution is -2.54. The molecule has 1 heterocycles. The van der Waals surface area contributed by atoms with E-state index in [4.69, 9.17) is 0 Å². The van der Waals surface area contributed by atoms with Crippen LogP contribution in [0.25, 0.3) is 0 Å². The van der Waals surface area contributed by atoms with E-state index < -0.39 is 0 Å². The van der Waals surface area contributed by atoms with Crippen LogP contribution in [-0.4, -0.2) is 34.7 Å². The van der Waals surface area contributed by atoms with Gasteiger partial charge in [-0.1, -0.05) is 34.8 Å². The lowest BCUT2D eigenvalue weighted by atomic mass is 9.85. The molecule has 1 aliphatic carbocycles. The molecule has 2 fully saturated rings. The molecule has 116 valence electrons.